The lowest BCUT2D eigenvalue weighted by atomic mass is 10.1. The van der Waals surface area contributed by atoms with E-state index in [0.717, 1.165) is 25.2 Å². The molecule has 1 aliphatic heterocycles. The Balaban J connectivity index is 1.45. The molecule has 1 aromatic carbocycles. The van der Waals surface area contributed by atoms with Crippen LogP contribution in [0.5, 0.6) is 0 Å². The van der Waals surface area contributed by atoms with E-state index < -0.39 is 0 Å². The third-order valence-corrected chi connectivity index (χ3v) is 5.02. The molecule has 1 aromatic rings. The highest BCUT2D eigenvalue weighted by molar-refractivity contribution is 5.94. The number of esters is 1. The van der Waals surface area contributed by atoms with Crippen LogP contribution < -0.4 is 4.90 Å². The quantitative estimate of drug-likeness (QED) is 0.601. The number of Topliss-reactive ketones (excluding diaryl/α,β-unsaturated/α-hetero) is 1. The third kappa shape index (κ3) is 4.18. The molecule has 1 saturated carbocycles. The Morgan fingerprint density at radius 3 is 2.20 bits per heavy atom. The van der Waals surface area contributed by atoms with Gasteiger partial charge in [-0.2, -0.15) is 0 Å². The Morgan fingerprint density at radius 1 is 1.08 bits per heavy atom. The van der Waals surface area contributed by atoms with Crippen molar-refractivity contribution in [2.45, 2.75) is 20.3 Å². The average Bonchev–Trinajstić information content (AvgIpc) is 3.36. The highest BCUT2D eigenvalue weighted by Gasteiger charge is 2.40. The summed E-state index contributed by atoms with van der Waals surface area (Å²) in [6.07, 6.45) is 0.869. The van der Waals surface area contributed by atoms with Gasteiger partial charge in [0.05, 0.1) is 5.92 Å². The first-order valence-electron chi connectivity index (χ1n) is 8.76. The first-order chi connectivity index (χ1) is 12.0. The summed E-state index contributed by atoms with van der Waals surface area (Å²) in [6.45, 7) is 6.05. The fraction of sp³-hybridized carbons (Fsp3) is 0.526. The standard InChI is InChI=1S/C19H24N2O4/c1-13-11-17(13)19(24)25-12-18(23)21-9-7-20(8-10-21)16-5-3-15(4-6-16)14(2)22/h3-6,13,17H,7-12H2,1-2H3/t13-,17+/m0/s1. The molecule has 0 spiro atoms. The number of nitrogens with zero attached hydrogens (tertiary/aromatic N) is 2. The normalized spacial score (nSPS) is 22.5. The van der Waals surface area contributed by atoms with Gasteiger partial charge in [-0.15, -0.1) is 0 Å². The second kappa shape index (κ2) is 7.25. The summed E-state index contributed by atoms with van der Waals surface area (Å²) in [7, 11) is 0. The van der Waals surface area contributed by atoms with Gasteiger partial charge in [-0.05, 0) is 43.5 Å². The van der Waals surface area contributed by atoms with Crippen molar-refractivity contribution in [1.82, 2.24) is 4.90 Å². The molecule has 0 bridgehead atoms. The zero-order valence-corrected chi connectivity index (χ0v) is 14.7. The minimum absolute atomic E-state index is 0.0115. The molecule has 1 saturated heterocycles. The maximum atomic E-state index is 12.2. The van der Waals surface area contributed by atoms with Crippen molar-refractivity contribution in [1.29, 1.82) is 0 Å². The number of rotatable bonds is 5. The summed E-state index contributed by atoms with van der Waals surface area (Å²) in [5, 5.41) is 0. The van der Waals surface area contributed by atoms with E-state index in [0.29, 0.717) is 24.6 Å². The summed E-state index contributed by atoms with van der Waals surface area (Å²) < 4.78 is 5.12. The Labute approximate surface area is 147 Å². The number of benzene rings is 1. The van der Waals surface area contributed by atoms with Gasteiger partial charge in [-0.3, -0.25) is 14.4 Å². The Hall–Kier alpha value is -2.37. The topological polar surface area (TPSA) is 66.9 Å². The van der Waals surface area contributed by atoms with Crippen LogP contribution >= 0.6 is 0 Å². The van der Waals surface area contributed by atoms with E-state index in [1.54, 1.807) is 11.8 Å². The summed E-state index contributed by atoms with van der Waals surface area (Å²) in [5.41, 5.74) is 1.75. The van der Waals surface area contributed by atoms with E-state index in [1.807, 2.05) is 31.2 Å². The van der Waals surface area contributed by atoms with Crippen LogP contribution in [0, 0.1) is 11.8 Å². The molecule has 0 aromatic heterocycles. The van der Waals surface area contributed by atoms with E-state index in [1.165, 1.54) is 0 Å². The minimum atomic E-state index is -0.245. The van der Waals surface area contributed by atoms with Crippen molar-refractivity contribution in [3.63, 3.8) is 0 Å². The summed E-state index contributed by atoms with van der Waals surface area (Å²) >= 11 is 0. The molecule has 0 radical (unpaired) electrons. The molecule has 1 heterocycles. The minimum Gasteiger partial charge on any atom is -0.455 e. The molecule has 3 rings (SSSR count). The molecule has 1 aliphatic carbocycles. The molecule has 0 N–H and O–H groups in total. The number of amides is 1. The predicted molar refractivity (Wildman–Crippen MR) is 93.5 cm³/mol. The molecular weight excluding hydrogens is 320 g/mol. The van der Waals surface area contributed by atoms with Crippen molar-refractivity contribution in [3.8, 4) is 0 Å². The molecule has 0 unspecified atom stereocenters. The van der Waals surface area contributed by atoms with E-state index in [4.69, 9.17) is 4.74 Å². The number of piperazine rings is 1. The Bertz CT molecular complexity index is 663. The van der Waals surface area contributed by atoms with Gasteiger partial charge in [0, 0.05) is 37.4 Å². The van der Waals surface area contributed by atoms with Crippen molar-refractivity contribution >= 4 is 23.3 Å². The average molecular weight is 344 g/mol. The van der Waals surface area contributed by atoms with Gasteiger partial charge < -0.3 is 14.5 Å². The van der Waals surface area contributed by atoms with Crippen molar-refractivity contribution in [3.05, 3.63) is 29.8 Å². The fourth-order valence-corrected chi connectivity index (χ4v) is 3.10. The lowest BCUT2D eigenvalue weighted by molar-refractivity contribution is -0.153. The fourth-order valence-electron chi connectivity index (χ4n) is 3.10. The van der Waals surface area contributed by atoms with Crippen LogP contribution in [0.3, 0.4) is 0 Å². The van der Waals surface area contributed by atoms with E-state index in [2.05, 4.69) is 4.90 Å². The van der Waals surface area contributed by atoms with Gasteiger partial charge in [-0.25, -0.2) is 0 Å². The van der Waals surface area contributed by atoms with Gasteiger partial charge in [-0.1, -0.05) is 6.92 Å². The van der Waals surface area contributed by atoms with Gasteiger partial charge in [0.15, 0.2) is 12.4 Å². The van der Waals surface area contributed by atoms with Crippen LogP contribution in [0.2, 0.25) is 0 Å². The van der Waals surface area contributed by atoms with Gasteiger partial charge >= 0.3 is 5.97 Å². The number of ketones is 1. The van der Waals surface area contributed by atoms with Crippen molar-refractivity contribution in [2.75, 3.05) is 37.7 Å². The third-order valence-electron chi connectivity index (χ3n) is 5.02. The van der Waals surface area contributed by atoms with E-state index >= 15 is 0 Å². The van der Waals surface area contributed by atoms with E-state index in [-0.39, 0.29) is 30.2 Å². The van der Waals surface area contributed by atoms with Crippen LogP contribution in [0.15, 0.2) is 24.3 Å². The number of anilines is 1. The van der Waals surface area contributed by atoms with Crippen LogP contribution in [-0.2, 0) is 14.3 Å². The summed E-state index contributed by atoms with van der Waals surface area (Å²) in [4.78, 5) is 39.1. The molecule has 134 valence electrons. The predicted octanol–water partition coefficient (Wildman–Crippen LogP) is 1.74. The number of hydrogen-bond acceptors (Lipinski definition) is 5. The second-order valence-electron chi connectivity index (χ2n) is 6.90. The SMILES string of the molecule is CC(=O)c1ccc(N2CCN(C(=O)COC(=O)[C@@H]3C[C@@H]3C)CC2)cc1. The van der Waals surface area contributed by atoms with E-state index in [9.17, 15) is 14.4 Å². The molecular formula is C19H24N2O4. The first kappa shape index (κ1) is 17.5. The summed E-state index contributed by atoms with van der Waals surface area (Å²) in [5.74, 6) is 0.0542. The zero-order chi connectivity index (χ0) is 18.0. The molecule has 2 aliphatic rings. The van der Waals surface area contributed by atoms with Gasteiger partial charge in [0.2, 0.25) is 0 Å². The van der Waals surface area contributed by atoms with Crippen LogP contribution in [0.4, 0.5) is 5.69 Å². The summed E-state index contributed by atoms with van der Waals surface area (Å²) in [6, 6.07) is 7.53. The molecule has 6 nitrogen and oxygen atoms in total. The second-order valence-corrected chi connectivity index (χ2v) is 6.90. The van der Waals surface area contributed by atoms with Crippen molar-refractivity contribution in [2.24, 2.45) is 11.8 Å². The maximum absolute atomic E-state index is 12.2. The lowest BCUT2D eigenvalue weighted by Gasteiger charge is -2.36. The molecule has 1 amide bonds. The number of carbonyl (C=O) groups is 3. The number of carbonyl (C=O) groups excluding carboxylic acids is 3. The molecule has 2 fully saturated rings. The van der Waals surface area contributed by atoms with Gasteiger partial charge in [0.1, 0.15) is 0 Å². The molecule has 25 heavy (non-hydrogen) atoms. The Morgan fingerprint density at radius 2 is 1.68 bits per heavy atom. The smallest absolute Gasteiger partial charge is 0.309 e. The molecule has 6 heteroatoms. The maximum Gasteiger partial charge on any atom is 0.309 e. The van der Waals surface area contributed by atoms with Crippen LogP contribution in [-0.4, -0.2) is 55.3 Å². The largest absolute Gasteiger partial charge is 0.455 e. The van der Waals surface area contributed by atoms with Crippen molar-refractivity contribution < 1.29 is 19.1 Å². The first-order valence-corrected chi connectivity index (χ1v) is 8.76. The molecule has 2 atom stereocenters. The number of hydrogen-bond donors (Lipinski definition) is 0. The van der Waals surface area contributed by atoms with Crippen LogP contribution in [0.25, 0.3) is 0 Å². The Kier molecular flexibility index (Phi) is 5.06. The monoisotopic (exact) mass is 344 g/mol. The van der Waals surface area contributed by atoms with Gasteiger partial charge in [0.25, 0.3) is 5.91 Å². The zero-order valence-electron chi connectivity index (χ0n) is 14.7. The highest BCUT2D eigenvalue weighted by atomic mass is 16.5. The number of ether oxygens (including phenoxy) is 1. The lowest BCUT2D eigenvalue weighted by Crippen LogP contribution is -2.50. The van der Waals surface area contributed by atoms with Crippen LogP contribution in [0.1, 0.15) is 30.6 Å². The highest BCUT2D eigenvalue weighted by Crippen LogP contribution is 2.38.